The first kappa shape index (κ1) is 32.4. The molecule has 0 saturated carbocycles. The van der Waals surface area contributed by atoms with Gasteiger partial charge in [-0.2, -0.15) is 0 Å². The van der Waals surface area contributed by atoms with Crippen LogP contribution in [0.2, 0.25) is 0 Å². The Morgan fingerprint density at radius 2 is 0.939 bits per heavy atom. The molecular formula is C32H63N. The molecule has 196 valence electrons. The van der Waals surface area contributed by atoms with Crippen LogP contribution in [0.5, 0.6) is 0 Å². The summed E-state index contributed by atoms with van der Waals surface area (Å²) in [6.07, 6.45) is 38.4. The molecule has 0 aromatic rings. The van der Waals surface area contributed by atoms with Crippen LogP contribution in [-0.2, 0) is 0 Å². The van der Waals surface area contributed by atoms with E-state index in [4.69, 9.17) is 0 Å². The smallest absolute Gasteiger partial charge is 0.0115 e. The highest BCUT2D eigenvalue weighted by atomic mass is 15.1. The van der Waals surface area contributed by atoms with Gasteiger partial charge in [-0.05, 0) is 65.0 Å². The molecule has 0 radical (unpaired) electrons. The molecule has 0 heterocycles. The number of hydrogen-bond donors (Lipinski definition) is 0. The van der Waals surface area contributed by atoms with Crippen molar-refractivity contribution in [2.75, 3.05) is 14.1 Å². The van der Waals surface area contributed by atoms with Crippen LogP contribution in [0.3, 0.4) is 0 Å². The summed E-state index contributed by atoms with van der Waals surface area (Å²) in [4.78, 5) is 2.50. The zero-order chi connectivity index (χ0) is 24.4. The minimum Gasteiger partial charge on any atom is -0.306 e. The highest BCUT2D eigenvalue weighted by Gasteiger charge is 2.18. The van der Waals surface area contributed by atoms with Gasteiger partial charge in [0.1, 0.15) is 0 Å². The Balaban J connectivity index is 3.55. The summed E-state index contributed by atoms with van der Waals surface area (Å²) in [5.41, 5.74) is 0. The predicted octanol–water partition coefficient (Wildman–Crippen LogP) is 10.9. The lowest BCUT2D eigenvalue weighted by Gasteiger charge is -2.30. The Morgan fingerprint density at radius 3 is 1.48 bits per heavy atom. The van der Waals surface area contributed by atoms with Crippen LogP contribution in [0.1, 0.15) is 156 Å². The molecule has 0 bridgehead atoms. The van der Waals surface area contributed by atoms with Gasteiger partial charge < -0.3 is 4.90 Å². The fourth-order valence-corrected chi connectivity index (χ4v) is 5.01. The third kappa shape index (κ3) is 23.0. The first-order valence-corrected chi connectivity index (χ1v) is 15.1. The maximum Gasteiger partial charge on any atom is 0.0115 e. The van der Waals surface area contributed by atoms with E-state index in [-0.39, 0.29) is 0 Å². The zero-order valence-corrected chi connectivity index (χ0v) is 23.8. The Bertz CT molecular complexity index is 422. The molecule has 0 aliphatic carbocycles. The lowest BCUT2D eigenvalue weighted by molar-refractivity contribution is 0.192. The van der Waals surface area contributed by atoms with Gasteiger partial charge in [-0.25, -0.2) is 0 Å². The van der Waals surface area contributed by atoms with Crippen molar-refractivity contribution in [1.82, 2.24) is 4.90 Å². The topological polar surface area (TPSA) is 3.24 Å². The standard InChI is InChI=1S/C32H63N/c1-6-8-10-12-13-14-15-16-17-18-19-20-21-22-23-24-26-28-30-32(33(4)5)31(3)29-27-25-11-9-7-2/h13-14,16-17,31-32H,6-12,15,18-30H2,1-5H3/b14-13-,17-16-. The quantitative estimate of drug-likeness (QED) is 0.0964. The van der Waals surface area contributed by atoms with Crippen molar-refractivity contribution < 1.29 is 0 Å². The van der Waals surface area contributed by atoms with Crippen LogP contribution in [0.15, 0.2) is 24.3 Å². The molecule has 2 unspecified atom stereocenters. The molecule has 0 spiro atoms. The molecule has 0 aromatic carbocycles. The van der Waals surface area contributed by atoms with Crippen molar-refractivity contribution in [2.24, 2.45) is 5.92 Å². The Labute approximate surface area is 210 Å². The molecule has 0 rings (SSSR count). The van der Waals surface area contributed by atoms with E-state index < -0.39 is 0 Å². The van der Waals surface area contributed by atoms with E-state index in [1.807, 2.05) is 0 Å². The number of hydrogen-bond acceptors (Lipinski definition) is 1. The molecule has 0 fully saturated rings. The number of rotatable bonds is 25. The summed E-state index contributed by atoms with van der Waals surface area (Å²) in [5, 5.41) is 0. The summed E-state index contributed by atoms with van der Waals surface area (Å²) < 4.78 is 0. The normalized spacial score (nSPS) is 14.1. The lowest BCUT2D eigenvalue weighted by atomic mass is 9.90. The third-order valence-electron chi connectivity index (χ3n) is 7.28. The van der Waals surface area contributed by atoms with Crippen molar-refractivity contribution in [3.8, 4) is 0 Å². The molecule has 0 aliphatic heterocycles. The Kier molecular flexibility index (Phi) is 25.6. The molecule has 0 amide bonds. The van der Waals surface area contributed by atoms with Gasteiger partial charge in [-0.3, -0.25) is 0 Å². The van der Waals surface area contributed by atoms with E-state index in [0.29, 0.717) is 0 Å². The molecular weight excluding hydrogens is 398 g/mol. The van der Waals surface area contributed by atoms with Gasteiger partial charge in [-0.15, -0.1) is 0 Å². The van der Waals surface area contributed by atoms with Crippen molar-refractivity contribution in [3.63, 3.8) is 0 Å². The third-order valence-corrected chi connectivity index (χ3v) is 7.28. The summed E-state index contributed by atoms with van der Waals surface area (Å²) in [6, 6.07) is 0.778. The lowest BCUT2D eigenvalue weighted by Crippen LogP contribution is -2.34. The molecule has 1 nitrogen and oxygen atoms in total. The number of nitrogens with zero attached hydrogens (tertiary/aromatic N) is 1. The van der Waals surface area contributed by atoms with Gasteiger partial charge in [0.25, 0.3) is 0 Å². The van der Waals surface area contributed by atoms with Crippen LogP contribution in [0, 0.1) is 5.92 Å². The van der Waals surface area contributed by atoms with Gasteiger partial charge in [0.15, 0.2) is 0 Å². The molecule has 2 atom stereocenters. The fraction of sp³-hybridized carbons (Fsp3) is 0.875. The van der Waals surface area contributed by atoms with Gasteiger partial charge in [0.05, 0.1) is 0 Å². The molecule has 0 aliphatic rings. The average Bonchev–Trinajstić information content (AvgIpc) is 2.80. The van der Waals surface area contributed by atoms with Gasteiger partial charge in [-0.1, -0.05) is 135 Å². The fourth-order valence-electron chi connectivity index (χ4n) is 5.01. The van der Waals surface area contributed by atoms with Crippen LogP contribution in [0.25, 0.3) is 0 Å². The summed E-state index contributed by atoms with van der Waals surface area (Å²) in [7, 11) is 4.58. The molecule has 0 aromatic heterocycles. The van der Waals surface area contributed by atoms with E-state index in [1.54, 1.807) is 0 Å². The van der Waals surface area contributed by atoms with Crippen molar-refractivity contribution in [3.05, 3.63) is 24.3 Å². The Morgan fingerprint density at radius 1 is 0.515 bits per heavy atom. The summed E-state index contributed by atoms with van der Waals surface area (Å²) in [6.45, 7) is 7.07. The molecule has 1 heteroatoms. The summed E-state index contributed by atoms with van der Waals surface area (Å²) >= 11 is 0. The second kappa shape index (κ2) is 26.1. The van der Waals surface area contributed by atoms with Crippen LogP contribution >= 0.6 is 0 Å². The van der Waals surface area contributed by atoms with Gasteiger partial charge >= 0.3 is 0 Å². The van der Waals surface area contributed by atoms with E-state index >= 15 is 0 Å². The zero-order valence-electron chi connectivity index (χ0n) is 23.8. The highest BCUT2D eigenvalue weighted by Crippen LogP contribution is 2.22. The van der Waals surface area contributed by atoms with E-state index in [0.717, 1.165) is 18.4 Å². The second-order valence-corrected chi connectivity index (χ2v) is 10.8. The number of allylic oxidation sites excluding steroid dienone is 4. The average molecular weight is 462 g/mol. The van der Waals surface area contributed by atoms with Gasteiger partial charge in [0.2, 0.25) is 0 Å². The van der Waals surface area contributed by atoms with Crippen LogP contribution < -0.4 is 0 Å². The predicted molar refractivity (Wildman–Crippen MR) is 153 cm³/mol. The van der Waals surface area contributed by atoms with Gasteiger partial charge in [0, 0.05) is 6.04 Å². The van der Waals surface area contributed by atoms with Crippen LogP contribution in [0.4, 0.5) is 0 Å². The first-order valence-electron chi connectivity index (χ1n) is 15.1. The van der Waals surface area contributed by atoms with E-state index in [1.165, 1.54) is 128 Å². The molecule has 0 N–H and O–H groups in total. The SMILES string of the molecule is CCCCC/C=C\C/C=C\CCCCCCCCCCC(C(C)CCCCCCC)N(C)C. The maximum atomic E-state index is 2.50. The summed E-state index contributed by atoms with van der Waals surface area (Å²) in [5.74, 6) is 0.845. The van der Waals surface area contributed by atoms with E-state index in [9.17, 15) is 0 Å². The number of unbranched alkanes of at least 4 members (excludes halogenated alkanes) is 15. The minimum absolute atomic E-state index is 0.778. The first-order chi connectivity index (χ1) is 16.1. The minimum atomic E-state index is 0.778. The van der Waals surface area contributed by atoms with Crippen molar-refractivity contribution in [2.45, 2.75) is 162 Å². The second-order valence-electron chi connectivity index (χ2n) is 10.8. The maximum absolute atomic E-state index is 2.50. The monoisotopic (exact) mass is 461 g/mol. The van der Waals surface area contributed by atoms with Crippen LogP contribution in [-0.4, -0.2) is 25.0 Å². The molecule has 33 heavy (non-hydrogen) atoms. The van der Waals surface area contributed by atoms with Crippen molar-refractivity contribution in [1.29, 1.82) is 0 Å². The Hall–Kier alpha value is -0.560. The van der Waals surface area contributed by atoms with Crippen molar-refractivity contribution >= 4 is 0 Å². The van der Waals surface area contributed by atoms with E-state index in [2.05, 4.69) is 64.1 Å². The largest absolute Gasteiger partial charge is 0.306 e. The molecule has 0 saturated heterocycles. The highest BCUT2D eigenvalue weighted by molar-refractivity contribution is 4.92.